The van der Waals surface area contributed by atoms with Gasteiger partial charge in [0.05, 0.1) is 10.7 Å². The monoisotopic (exact) mass is 239 g/mol. The number of nitrogens with zero attached hydrogens (tertiary/aromatic N) is 2. The molecule has 1 aromatic carbocycles. The Morgan fingerprint density at radius 1 is 1.07 bits per heavy atom. The first-order chi connectivity index (χ1) is 7.25. The van der Waals surface area contributed by atoms with E-state index in [1.165, 1.54) is 6.33 Å². The quantitative estimate of drug-likeness (QED) is 0.816. The number of aromatic nitrogens is 2. The number of para-hydroxylation sites is 1. The van der Waals surface area contributed by atoms with E-state index in [0.717, 1.165) is 5.69 Å². The molecule has 0 bridgehead atoms. The molecule has 0 fully saturated rings. The Morgan fingerprint density at radius 3 is 2.60 bits per heavy atom. The van der Waals surface area contributed by atoms with E-state index in [4.69, 9.17) is 23.2 Å². The number of anilines is 2. The Labute approximate surface area is 97.1 Å². The number of benzene rings is 1. The minimum absolute atomic E-state index is 0.388. The van der Waals surface area contributed by atoms with Crippen molar-refractivity contribution in [2.75, 3.05) is 5.32 Å². The second kappa shape index (κ2) is 4.47. The zero-order valence-corrected chi connectivity index (χ0v) is 9.13. The highest BCUT2D eigenvalue weighted by molar-refractivity contribution is 6.33. The molecule has 0 atom stereocenters. The summed E-state index contributed by atoms with van der Waals surface area (Å²) >= 11 is 11.7. The molecule has 5 heteroatoms. The highest BCUT2D eigenvalue weighted by atomic mass is 35.5. The largest absolute Gasteiger partial charge is 0.339 e. The number of rotatable bonds is 2. The van der Waals surface area contributed by atoms with E-state index in [9.17, 15) is 0 Å². The zero-order valence-electron chi connectivity index (χ0n) is 7.61. The second-order valence-corrected chi connectivity index (χ2v) is 3.63. The van der Waals surface area contributed by atoms with Crippen LogP contribution in [0.15, 0.2) is 36.7 Å². The van der Waals surface area contributed by atoms with Crippen LogP contribution in [0.25, 0.3) is 0 Å². The van der Waals surface area contributed by atoms with Crippen LogP contribution in [0.4, 0.5) is 11.5 Å². The van der Waals surface area contributed by atoms with Crippen molar-refractivity contribution in [2.45, 2.75) is 0 Å². The van der Waals surface area contributed by atoms with Crippen LogP contribution in [0, 0.1) is 0 Å². The average Bonchev–Trinajstić information content (AvgIpc) is 2.22. The number of nitrogens with one attached hydrogen (secondary N) is 1. The molecular formula is C10H7Cl2N3. The van der Waals surface area contributed by atoms with Crippen molar-refractivity contribution in [2.24, 2.45) is 0 Å². The molecule has 76 valence electrons. The van der Waals surface area contributed by atoms with Crippen LogP contribution >= 0.6 is 23.2 Å². The van der Waals surface area contributed by atoms with Crippen molar-refractivity contribution in [1.29, 1.82) is 0 Å². The maximum absolute atomic E-state index is 5.98. The summed E-state index contributed by atoms with van der Waals surface area (Å²) < 4.78 is 0. The maximum Gasteiger partial charge on any atom is 0.135 e. The van der Waals surface area contributed by atoms with Gasteiger partial charge in [0.25, 0.3) is 0 Å². The molecule has 1 aromatic heterocycles. The van der Waals surface area contributed by atoms with Gasteiger partial charge in [0.1, 0.15) is 17.3 Å². The van der Waals surface area contributed by atoms with Crippen LogP contribution in [0.5, 0.6) is 0 Å². The summed E-state index contributed by atoms with van der Waals surface area (Å²) in [5.74, 6) is 0.614. The van der Waals surface area contributed by atoms with Crippen molar-refractivity contribution < 1.29 is 0 Å². The Bertz CT molecular complexity index is 474. The first-order valence-corrected chi connectivity index (χ1v) is 5.00. The number of hydrogen-bond acceptors (Lipinski definition) is 3. The predicted octanol–water partition coefficient (Wildman–Crippen LogP) is 3.53. The van der Waals surface area contributed by atoms with Gasteiger partial charge in [0.2, 0.25) is 0 Å². The van der Waals surface area contributed by atoms with Crippen molar-refractivity contribution in [3.05, 3.63) is 46.8 Å². The van der Waals surface area contributed by atoms with Crippen molar-refractivity contribution in [1.82, 2.24) is 9.97 Å². The fourth-order valence-electron chi connectivity index (χ4n) is 1.10. The smallest absolute Gasteiger partial charge is 0.135 e. The Morgan fingerprint density at radius 2 is 1.87 bits per heavy atom. The highest BCUT2D eigenvalue weighted by Crippen LogP contribution is 2.24. The van der Waals surface area contributed by atoms with Gasteiger partial charge in [-0.05, 0) is 12.1 Å². The fourth-order valence-corrected chi connectivity index (χ4v) is 1.43. The topological polar surface area (TPSA) is 37.8 Å². The lowest BCUT2D eigenvalue weighted by Gasteiger charge is -2.06. The van der Waals surface area contributed by atoms with Gasteiger partial charge in [-0.25, -0.2) is 9.97 Å². The molecule has 1 N–H and O–H groups in total. The van der Waals surface area contributed by atoms with Gasteiger partial charge in [0, 0.05) is 6.07 Å². The molecule has 0 saturated carbocycles. The van der Waals surface area contributed by atoms with Crippen molar-refractivity contribution >= 4 is 34.7 Å². The predicted molar refractivity (Wildman–Crippen MR) is 61.8 cm³/mol. The fraction of sp³-hybridized carbons (Fsp3) is 0. The molecule has 0 amide bonds. The van der Waals surface area contributed by atoms with Crippen LogP contribution in [0.1, 0.15) is 0 Å². The van der Waals surface area contributed by atoms with E-state index in [0.29, 0.717) is 16.0 Å². The molecule has 0 unspecified atom stereocenters. The summed E-state index contributed by atoms with van der Waals surface area (Å²) in [6.07, 6.45) is 1.39. The van der Waals surface area contributed by atoms with Gasteiger partial charge in [-0.15, -0.1) is 0 Å². The van der Waals surface area contributed by atoms with Crippen LogP contribution < -0.4 is 5.32 Å². The van der Waals surface area contributed by atoms with Gasteiger partial charge in [-0.3, -0.25) is 0 Å². The van der Waals surface area contributed by atoms with Gasteiger partial charge in [-0.1, -0.05) is 35.3 Å². The first-order valence-electron chi connectivity index (χ1n) is 4.25. The van der Waals surface area contributed by atoms with Gasteiger partial charge in [0.15, 0.2) is 0 Å². The Hall–Kier alpha value is -1.32. The van der Waals surface area contributed by atoms with Crippen LogP contribution in [0.2, 0.25) is 10.2 Å². The van der Waals surface area contributed by atoms with E-state index in [2.05, 4.69) is 15.3 Å². The van der Waals surface area contributed by atoms with Crippen LogP contribution in [0.3, 0.4) is 0 Å². The summed E-state index contributed by atoms with van der Waals surface area (Å²) in [7, 11) is 0. The lowest BCUT2D eigenvalue weighted by molar-refractivity contribution is 1.17. The molecule has 2 rings (SSSR count). The van der Waals surface area contributed by atoms with Gasteiger partial charge >= 0.3 is 0 Å². The lowest BCUT2D eigenvalue weighted by atomic mass is 10.3. The van der Waals surface area contributed by atoms with E-state index >= 15 is 0 Å². The van der Waals surface area contributed by atoms with Gasteiger partial charge in [-0.2, -0.15) is 0 Å². The van der Waals surface area contributed by atoms with Gasteiger partial charge < -0.3 is 5.32 Å². The third kappa shape index (κ3) is 2.58. The molecule has 1 heterocycles. The van der Waals surface area contributed by atoms with E-state index in [-0.39, 0.29) is 0 Å². The molecule has 0 aliphatic rings. The summed E-state index contributed by atoms with van der Waals surface area (Å²) in [6.45, 7) is 0. The maximum atomic E-state index is 5.98. The highest BCUT2D eigenvalue weighted by Gasteiger charge is 2.00. The third-order valence-electron chi connectivity index (χ3n) is 1.77. The normalized spacial score (nSPS) is 10.0. The first kappa shape index (κ1) is 10.2. The number of halogens is 2. The minimum atomic E-state index is 0.388. The van der Waals surface area contributed by atoms with Crippen molar-refractivity contribution in [3.63, 3.8) is 0 Å². The SMILES string of the molecule is Clc1cc(Nc2ccccc2Cl)ncn1. The minimum Gasteiger partial charge on any atom is -0.339 e. The molecule has 0 aliphatic carbocycles. The molecule has 15 heavy (non-hydrogen) atoms. The third-order valence-corrected chi connectivity index (χ3v) is 2.31. The molecular weight excluding hydrogens is 233 g/mol. The molecule has 3 nitrogen and oxygen atoms in total. The molecule has 0 radical (unpaired) electrons. The Kier molecular flexibility index (Phi) is 3.04. The summed E-state index contributed by atoms with van der Waals surface area (Å²) in [6, 6.07) is 9.04. The summed E-state index contributed by atoms with van der Waals surface area (Å²) in [4.78, 5) is 7.80. The molecule has 0 saturated heterocycles. The lowest BCUT2D eigenvalue weighted by Crippen LogP contribution is -1.94. The Balaban J connectivity index is 2.26. The van der Waals surface area contributed by atoms with Crippen LogP contribution in [-0.4, -0.2) is 9.97 Å². The molecule has 0 spiro atoms. The average molecular weight is 240 g/mol. The molecule has 0 aliphatic heterocycles. The zero-order chi connectivity index (χ0) is 10.7. The summed E-state index contributed by atoms with van der Waals surface area (Å²) in [5, 5.41) is 4.07. The van der Waals surface area contributed by atoms with E-state index < -0.39 is 0 Å². The van der Waals surface area contributed by atoms with E-state index in [1.807, 2.05) is 18.2 Å². The summed E-state index contributed by atoms with van der Waals surface area (Å²) in [5.41, 5.74) is 0.786. The standard InChI is InChI=1S/C10H7Cl2N3/c11-7-3-1-2-4-8(7)15-10-5-9(12)13-6-14-10/h1-6H,(H,13,14,15). The van der Waals surface area contributed by atoms with Crippen molar-refractivity contribution in [3.8, 4) is 0 Å². The number of hydrogen-bond donors (Lipinski definition) is 1. The second-order valence-electron chi connectivity index (χ2n) is 2.83. The van der Waals surface area contributed by atoms with E-state index in [1.54, 1.807) is 12.1 Å². The van der Waals surface area contributed by atoms with Crippen LogP contribution in [-0.2, 0) is 0 Å². The molecule has 2 aromatic rings.